The van der Waals surface area contributed by atoms with Crippen LogP contribution in [0.2, 0.25) is 0 Å². The topological polar surface area (TPSA) is 61.5 Å². The highest BCUT2D eigenvalue weighted by molar-refractivity contribution is 7.21. The number of likely N-dealkylation sites (tertiary alicyclic amines) is 1. The molecule has 0 spiro atoms. The van der Waals surface area contributed by atoms with Gasteiger partial charge in [-0.2, -0.15) is 0 Å². The number of imidazole rings is 1. The van der Waals surface area contributed by atoms with Crippen molar-refractivity contribution in [2.75, 3.05) is 32.8 Å². The fourth-order valence-electron chi connectivity index (χ4n) is 4.87. The number of aromatic nitrogens is 2. The average Bonchev–Trinajstić information content (AvgIpc) is 3.39. The van der Waals surface area contributed by atoms with E-state index in [1.807, 2.05) is 17.3 Å². The fourth-order valence-corrected chi connectivity index (χ4v) is 6.07. The van der Waals surface area contributed by atoms with Gasteiger partial charge in [0.25, 0.3) is 5.91 Å². The number of benzene rings is 1. The van der Waals surface area contributed by atoms with Gasteiger partial charge in [0.1, 0.15) is 5.82 Å². The van der Waals surface area contributed by atoms with Gasteiger partial charge in [0.05, 0.1) is 24.6 Å². The second kappa shape index (κ2) is 9.51. The lowest BCUT2D eigenvalue weighted by molar-refractivity contribution is 0.0305. The Morgan fingerprint density at radius 1 is 1.16 bits per heavy atom. The van der Waals surface area contributed by atoms with E-state index < -0.39 is 0 Å². The normalized spacial score (nSPS) is 20.8. The molecule has 1 atom stereocenters. The minimum absolute atomic E-state index is 0.172. The van der Waals surface area contributed by atoms with Gasteiger partial charge in [0, 0.05) is 36.2 Å². The van der Waals surface area contributed by atoms with Crippen molar-refractivity contribution >= 4 is 27.3 Å². The second-order valence-electron chi connectivity index (χ2n) is 8.52. The first-order chi connectivity index (χ1) is 15.3. The van der Waals surface area contributed by atoms with Crippen molar-refractivity contribution in [3.05, 3.63) is 52.9 Å². The summed E-state index contributed by atoms with van der Waals surface area (Å²) in [6.45, 7) is 4.55. The van der Waals surface area contributed by atoms with Gasteiger partial charge < -0.3 is 14.6 Å². The zero-order chi connectivity index (χ0) is 21.0. The summed E-state index contributed by atoms with van der Waals surface area (Å²) in [4.78, 5) is 26.7. The molecular weight excluding hydrogens is 408 g/mol. The number of hydrogen-bond donors (Lipinski definition) is 1. The number of fused-ring (bicyclic) bond motifs is 1. The molecule has 0 radical (unpaired) electrons. The molecule has 3 aromatic rings. The molecule has 2 aliphatic rings. The predicted octanol–water partition coefficient (Wildman–Crippen LogP) is 4.08. The number of nitrogens with zero attached hydrogens (tertiary/aromatic N) is 3. The molecular formula is C24H30N4O2S. The lowest BCUT2D eigenvalue weighted by atomic mass is 9.97. The third-order valence-corrected chi connectivity index (χ3v) is 7.74. The third kappa shape index (κ3) is 4.54. The quantitative estimate of drug-likeness (QED) is 0.652. The Bertz CT molecular complexity index is 1010. The van der Waals surface area contributed by atoms with Gasteiger partial charge in [-0.25, -0.2) is 4.98 Å². The van der Waals surface area contributed by atoms with Crippen molar-refractivity contribution in [3.8, 4) is 0 Å². The molecule has 1 N–H and O–H groups in total. The highest BCUT2D eigenvalue weighted by Crippen LogP contribution is 2.35. The van der Waals surface area contributed by atoms with E-state index in [0.29, 0.717) is 32.3 Å². The zero-order valence-electron chi connectivity index (χ0n) is 17.9. The van der Waals surface area contributed by atoms with Crippen LogP contribution in [0.5, 0.6) is 0 Å². The van der Waals surface area contributed by atoms with E-state index >= 15 is 0 Å². The minimum Gasteiger partial charge on any atom is -0.378 e. The van der Waals surface area contributed by atoms with Gasteiger partial charge in [0.2, 0.25) is 0 Å². The van der Waals surface area contributed by atoms with Crippen LogP contribution in [0.1, 0.15) is 46.7 Å². The molecule has 31 heavy (non-hydrogen) atoms. The summed E-state index contributed by atoms with van der Waals surface area (Å²) in [6.07, 6.45) is 9.54. The van der Waals surface area contributed by atoms with Crippen molar-refractivity contribution in [1.82, 2.24) is 19.8 Å². The highest BCUT2D eigenvalue weighted by Gasteiger charge is 2.29. The summed E-state index contributed by atoms with van der Waals surface area (Å²) in [5, 5.41) is 1.24. The van der Waals surface area contributed by atoms with Crippen LogP contribution in [0.4, 0.5) is 0 Å². The fraction of sp³-hybridized carbons (Fsp3) is 0.500. The van der Waals surface area contributed by atoms with Crippen molar-refractivity contribution in [1.29, 1.82) is 0 Å². The predicted molar refractivity (Wildman–Crippen MR) is 124 cm³/mol. The van der Waals surface area contributed by atoms with Crippen LogP contribution < -0.4 is 0 Å². The molecule has 1 amide bonds. The summed E-state index contributed by atoms with van der Waals surface area (Å²) >= 11 is 1.66. The molecule has 0 saturated carbocycles. The molecule has 0 unspecified atom stereocenters. The van der Waals surface area contributed by atoms with Gasteiger partial charge in [-0.1, -0.05) is 31.0 Å². The van der Waals surface area contributed by atoms with Crippen LogP contribution in [0.25, 0.3) is 10.1 Å². The summed E-state index contributed by atoms with van der Waals surface area (Å²) in [5.74, 6) is 1.19. The molecule has 1 aromatic carbocycles. The first-order valence-corrected chi connectivity index (χ1v) is 12.2. The number of carbonyl (C=O) groups is 1. The van der Waals surface area contributed by atoms with Gasteiger partial charge in [-0.05, 0) is 42.8 Å². The van der Waals surface area contributed by atoms with Crippen LogP contribution in [-0.4, -0.2) is 64.6 Å². The zero-order valence-corrected chi connectivity index (χ0v) is 18.7. The van der Waals surface area contributed by atoms with Crippen molar-refractivity contribution in [3.63, 3.8) is 0 Å². The van der Waals surface area contributed by atoms with E-state index in [4.69, 9.17) is 4.74 Å². The van der Waals surface area contributed by atoms with Gasteiger partial charge in [0.15, 0.2) is 0 Å². The molecule has 7 heteroatoms. The largest absolute Gasteiger partial charge is 0.378 e. The molecule has 2 saturated heterocycles. The van der Waals surface area contributed by atoms with Crippen molar-refractivity contribution < 1.29 is 9.53 Å². The number of nitrogens with one attached hydrogen (secondary N) is 1. The summed E-state index contributed by atoms with van der Waals surface area (Å²) in [6, 6.07) is 8.91. The standard InChI is InChI=1S/C24H30N4O2S/c29-24(27-12-14-30-15-13-27)23-20(19-7-3-4-8-21(19)31-23)16-18-6-2-1-5-11-28(18)17-22-25-9-10-26-22/h3-4,7-10,18H,1-2,5-6,11-17H2,(H,25,26)/t18-/m1/s1. The Labute approximate surface area is 187 Å². The van der Waals surface area contributed by atoms with Crippen LogP contribution in [0.3, 0.4) is 0 Å². The first-order valence-electron chi connectivity index (χ1n) is 11.4. The smallest absolute Gasteiger partial charge is 0.264 e. The molecule has 2 fully saturated rings. The first kappa shape index (κ1) is 20.7. The molecule has 0 aliphatic carbocycles. The Morgan fingerprint density at radius 3 is 2.87 bits per heavy atom. The molecule has 2 aromatic heterocycles. The molecule has 5 rings (SSSR count). The Balaban J connectivity index is 1.46. The number of morpholine rings is 1. The maximum Gasteiger partial charge on any atom is 0.264 e. The average molecular weight is 439 g/mol. The molecule has 164 valence electrons. The van der Waals surface area contributed by atoms with Crippen LogP contribution in [-0.2, 0) is 17.7 Å². The monoisotopic (exact) mass is 438 g/mol. The van der Waals surface area contributed by atoms with Crippen LogP contribution >= 0.6 is 11.3 Å². The lowest BCUT2D eigenvalue weighted by Gasteiger charge is -2.30. The van der Waals surface area contributed by atoms with E-state index in [9.17, 15) is 4.79 Å². The van der Waals surface area contributed by atoms with E-state index in [1.165, 1.54) is 34.9 Å². The summed E-state index contributed by atoms with van der Waals surface area (Å²) < 4.78 is 6.68. The van der Waals surface area contributed by atoms with Crippen LogP contribution in [0.15, 0.2) is 36.7 Å². The van der Waals surface area contributed by atoms with E-state index in [1.54, 1.807) is 11.3 Å². The van der Waals surface area contributed by atoms with Gasteiger partial charge in [-0.15, -0.1) is 11.3 Å². The summed E-state index contributed by atoms with van der Waals surface area (Å²) in [7, 11) is 0. The Kier molecular flexibility index (Phi) is 6.34. The highest BCUT2D eigenvalue weighted by atomic mass is 32.1. The second-order valence-corrected chi connectivity index (χ2v) is 9.58. The van der Waals surface area contributed by atoms with Gasteiger partial charge in [-0.3, -0.25) is 9.69 Å². The van der Waals surface area contributed by atoms with E-state index in [0.717, 1.165) is 36.6 Å². The van der Waals surface area contributed by atoms with E-state index in [-0.39, 0.29) is 5.91 Å². The summed E-state index contributed by atoms with van der Waals surface area (Å²) in [5.41, 5.74) is 1.23. The molecule has 2 aliphatic heterocycles. The number of thiophene rings is 1. The number of carbonyl (C=O) groups excluding carboxylic acids is 1. The SMILES string of the molecule is O=C(c1sc2ccccc2c1C[C@H]1CCCCCN1Cc1ncc[nH]1)N1CCOCC1. The number of ether oxygens (including phenoxy) is 1. The van der Waals surface area contributed by atoms with Crippen molar-refractivity contribution in [2.45, 2.75) is 44.7 Å². The van der Waals surface area contributed by atoms with E-state index in [2.05, 4.69) is 39.1 Å². The van der Waals surface area contributed by atoms with Crippen LogP contribution in [0, 0.1) is 0 Å². The molecule has 6 nitrogen and oxygen atoms in total. The maximum atomic E-state index is 13.5. The van der Waals surface area contributed by atoms with Crippen molar-refractivity contribution in [2.24, 2.45) is 0 Å². The molecule has 0 bridgehead atoms. The number of aromatic amines is 1. The Hall–Kier alpha value is -2.22. The number of rotatable bonds is 5. The molecule has 4 heterocycles. The van der Waals surface area contributed by atoms with Gasteiger partial charge >= 0.3 is 0 Å². The Morgan fingerprint density at radius 2 is 2.03 bits per heavy atom. The number of amides is 1. The minimum atomic E-state index is 0.172. The maximum absolute atomic E-state index is 13.5. The third-order valence-electron chi connectivity index (χ3n) is 6.54. The number of H-pyrrole nitrogens is 1. The number of hydrogen-bond acceptors (Lipinski definition) is 5. The lowest BCUT2D eigenvalue weighted by Crippen LogP contribution is -2.41.